The van der Waals surface area contributed by atoms with Crippen LogP contribution in [0, 0.1) is 0 Å². The van der Waals surface area contributed by atoms with Gasteiger partial charge in [-0.25, -0.2) is 20.1 Å². The van der Waals surface area contributed by atoms with Crippen LogP contribution in [0.4, 0.5) is 15.3 Å². The van der Waals surface area contributed by atoms with Crippen LogP contribution < -0.4 is 16.1 Å². The van der Waals surface area contributed by atoms with Crippen LogP contribution in [0.15, 0.2) is 29.3 Å². The molecule has 0 fully saturated rings. The van der Waals surface area contributed by atoms with Crippen molar-refractivity contribution in [3.05, 3.63) is 29.8 Å². The third-order valence-corrected chi connectivity index (χ3v) is 2.69. The number of benzene rings is 1. The van der Waals surface area contributed by atoms with E-state index in [1.54, 1.807) is 32.9 Å². The Morgan fingerprint density at radius 2 is 1.84 bits per heavy atom. The second kappa shape index (κ2) is 9.48. The maximum Gasteiger partial charge on any atom is 0.414 e. The molecule has 0 unspecified atom stereocenters. The van der Waals surface area contributed by atoms with Crippen molar-refractivity contribution in [1.82, 2.24) is 16.1 Å². The van der Waals surface area contributed by atoms with Crippen LogP contribution in [0.3, 0.4) is 0 Å². The number of nitrogens with zero attached hydrogens (tertiary/aromatic N) is 1. The van der Waals surface area contributed by atoms with Crippen LogP contribution in [0.1, 0.15) is 26.3 Å². The highest BCUT2D eigenvalue weighted by molar-refractivity contribution is 5.94. The molecule has 0 radical (unpaired) electrons. The number of ether oxygens (including phenoxy) is 1. The number of carbonyl (C=O) groups is 2. The zero-order valence-electron chi connectivity index (χ0n) is 14.8. The smallest absolute Gasteiger partial charge is 0.414 e. The van der Waals surface area contributed by atoms with Crippen molar-refractivity contribution in [2.75, 3.05) is 13.7 Å². The number of nitrogens with one attached hydrogen (secondary N) is 3. The van der Waals surface area contributed by atoms with Crippen molar-refractivity contribution in [3.63, 3.8) is 0 Å². The first kappa shape index (κ1) is 20.2. The van der Waals surface area contributed by atoms with Gasteiger partial charge >= 0.3 is 12.2 Å². The number of rotatable bonds is 5. The van der Waals surface area contributed by atoms with Crippen LogP contribution in [-0.2, 0) is 16.0 Å². The van der Waals surface area contributed by atoms with E-state index in [9.17, 15) is 9.59 Å². The maximum absolute atomic E-state index is 11.8. The highest BCUT2D eigenvalue weighted by Gasteiger charge is 2.17. The van der Waals surface area contributed by atoms with Crippen molar-refractivity contribution in [2.24, 2.45) is 4.99 Å². The molecule has 0 saturated heterocycles. The van der Waals surface area contributed by atoms with Crippen molar-refractivity contribution in [1.29, 1.82) is 0 Å². The average molecular weight is 352 g/mol. The summed E-state index contributed by atoms with van der Waals surface area (Å²) < 4.78 is 5.15. The molecule has 9 heteroatoms. The molecule has 0 heterocycles. The van der Waals surface area contributed by atoms with Gasteiger partial charge in [0.05, 0.1) is 12.8 Å². The number of guanidine groups is 1. The van der Waals surface area contributed by atoms with E-state index in [2.05, 4.69) is 21.1 Å². The molecule has 0 spiro atoms. The SMILES string of the molecule is CONC(=Nc1ccc(CCNC(=O)O)cc1)NC(=O)OC(C)(C)C. The van der Waals surface area contributed by atoms with E-state index >= 15 is 0 Å². The summed E-state index contributed by atoms with van der Waals surface area (Å²) in [7, 11) is 1.39. The van der Waals surface area contributed by atoms with E-state index in [1.165, 1.54) is 7.11 Å². The number of hydrogen-bond donors (Lipinski definition) is 4. The first-order chi connectivity index (χ1) is 11.7. The van der Waals surface area contributed by atoms with Gasteiger partial charge in [0.25, 0.3) is 0 Å². The molecule has 0 saturated carbocycles. The minimum Gasteiger partial charge on any atom is -0.465 e. The number of amides is 2. The molecule has 0 atom stereocenters. The summed E-state index contributed by atoms with van der Waals surface area (Å²) in [5.74, 6) is 0.0806. The van der Waals surface area contributed by atoms with Crippen molar-refractivity contribution < 1.29 is 24.3 Å². The van der Waals surface area contributed by atoms with E-state index in [1.807, 2.05) is 12.1 Å². The van der Waals surface area contributed by atoms with E-state index in [0.717, 1.165) is 5.56 Å². The van der Waals surface area contributed by atoms with Gasteiger partial charge in [-0.2, -0.15) is 0 Å². The Morgan fingerprint density at radius 3 is 2.36 bits per heavy atom. The van der Waals surface area contributed by atoms with Crippen LogP contribution in [0.5, 0.6) is 0 Å². The number of alkyl carbamates (subject to hydrolysis) is 1. The molecule has 0 aromatic heterocycles. The second-order valence-electron chi connectivity index (χ2n) is 6.04. The molecule has 0 aliphatic rings. The molecule has 25 heavy (non-hydrogen) atoms. The average Bonchev–Trinajstić information content (AvgIpc) is 2.47. The molecule has 2 amide bonds. The molecule has 0 bridgehead atoms. The molecule has 4 N–H and O–H groups in total. The standard InChI is InChI=1S/C16H24N4O5/c1-16(2,3)25-15(23)19-13(20-24-4)18-12-7-5-11(6-8-12)9-10-17-14(21)22/h5-8,17H,9-10H2,1-4H3,(H,21,22)(H2,18,19,20,23). The molecule has 0 aliphatic heterocycles. The predicted molar refractivity (Wildman–Crippen MR) is 92.8 cm³/mol. The number of hydrogen-bond acceptors (Lipinski definition) is 5. The van der Waals surface area contributed by atoms with Gasteiger partial charge < -0.3 is 15.2 Å². The second-order valence-corrected chi connectivity index (χ2v) is 6.04. The number of carboxylic acid groups (broad SMARTS) is 1. The summed E-state index contributed by atoms with van der Waals surface area (Å²) in [5.41, 5.74) is 3.37. The predicted octanol–water partition coefficient (Wildman–Crippen LogP) is 2.16. The Labute approximate surface area is 146 Å². The normalized spacial score (nSPS) is 11.6. The maximum atomic E-state index is 11.8. The monoisotopic (exact) mass is 352 g/mol. The van der Waals surface area contributed by atoms with E-state index < -0.39 is 17.8 Å². The minimum absolute atomic E-state index is 0.0806. The first-order valence-electron chi connectivity index (χ1n) is 7.63. The highest BCUT2D eigenvalue weighted by atomic mass is 16.6. The van der Waals surface area contributed by atoms with Gasteiger partial charge in [-0.1, -0.05) is 12.1 Å². The fraction of sp³-hybridized carbons (Fsp3) is 0.438. The Morgan fingerprint density at radius 1 is 1.20 bits per heavy atom. The van der Waals surface area contributed by atoms with Crippen molar-refractivity contribution in [2.45, 2.75) is 32.8 Å². The van der Waals surface area contributed by atoms with Crippen molar-refractivity contribution in [3.8, 4) is 0 Å². The lowest BCUT2D eigenvalue weighted by Crippen LogP contribution is -2.42. The van der Waals surface area contributed by atoms with E-state index in [-0.39, 0.29) is 5.96 Å². The summed E-state index contributed by atoms with van der Waals surface area (Å²) in [4.78, 5) is 31.2. The molecule has 1 aromatic carbocycles. The van der Waals surface area contributed by atoms with Crippen LogP contribution in [-0.4, -0.2) is 42.5 Å². The molecule has 1 aromatic rings. The number of hydroxylamine groups is 1. The number of carbonyl (C=O) groups excluding carboxylic acids is 1. The van der Waals surface area contributed by atoms with Crippen LogP contribution in [0.2, 0.25) is 0 Å². The van der Waals surface area contributed by atoms with Crippen LogP contribution >= 0.6 is 0 Å². The Bertz CT molecular complexity index is 608. The Hall–Kier alpha value is -2.81. The lowest BCUT2D eigenvalue weighted by atomic mass is 10.1. The van der Waals surface area contributed by atoms with Gasteiger partial charge in [0.2, 0.25) is 5.96 Å². The van der Waals surface area contributed by atoms with Gasteiger partial charge in [-0.15, -0.1) is 0 Å². The van der Waals surface area contributed by atoms with Gasteiger partial charge in [-0.05, 0) is 44.9 Å². The van der Waals surface area contributed by atoms with Gasteiger partial charge in [0.15, 0.2) is 0 Å². The summed E-state index contributed by atoms with van der Waals surface area (Å²) in [6, 6.07) is 7.12. The summed E-state index contributed by atoms with van der Waals surface area (Å²) in [6.07, 6.45) is -1.15. The summed E-state index contributed by atoms with van der Waals surface area (Å²) in [6.45, 7) is 5.59. The van der Waals surface area contributed by atoms with E-state index in [4.69, 9.17) is 14.7 Å². The van der Waals surface area contributed by atoms with Crippen LogP contribution in [0.25, 0.3) is 0 Å². The fourth-order valence-electron chi connectivity index (χ4n) is 1.75. The molecule has 138 valence electrons. The summed E-state index contributed by atoms with van der Waals surface area (Å²) >= 11 is 0. The molecule has 0 aliphatic carbocycles. The Kier molecular flexibility index (Phi) is 7.67. The molecular weight excluding hydrogens is 328 g/mol. The van der Waals surface area contributed by atoms with E-state index in [0.29, 0.717) is 18.7 Å². The zero-order valence-corrected chi connectivity index (χ0v) is 14.8. The number of aliphatic imine (C=N–C) groups is 1. The Balaban J connectivity index is 2.71. The van der Waals surface area contributed by atoms with Crippen molar-refractivity contribution >= 4 is 23.8 Å². The fourth-order valence-corrected chi connectivity index (χ4v) is 1.75. The first-order valence-corrected chi connectivity index (χ1v) is 7.63. The quantitative estimate of drug-likeness (QED) is 0.366. The summed E-state index contributed by atoms with van der Waals surface area (Å²) in [5, 5.41) is 13.3. The highest BCUT2D eigenvalue weighted by Crippen LogP contribution is 2.13. The lowest BCUT2D eigenvalue weighted by Gasteiger charge is -2.20. The lowest BCUT2D eigenvalue weighted by molar-refractivity contribution is 0.0549. The largest absolute Gasteiger partial charge is 0.465 e. The third-order valence-electron chi connectivity index (χ3n) is 2.69. The molecule has 1 rings (SSSR count). The van der Waals surface area contributed by atoms with Gasteiger partial charge in [0.1, 0.15) is 5.60 Å². The molecular formula is C16H24N4O5. The van der Waals surface area contributed by atoms with Gasteiger partial charge in [0, 0.05) is 6.54 Å². The van der Waals surface area contributed by atoms with Gasteiger partial charge in [-0.3, -0.25) is 10.2 Å². The minimum atomic E-state index is -1.05. The topological polar surface area (TPSA) is 121 Å². The molecule has 9 nitrogen and oxygen atoms in total. The zero-order chi connectivity index (χ0) is 18.9. The third kappa shape index (κ3) is 9.16.